The van der Waals surface area contributed by atoms with Crippen LogP contribution in [0.2, 0.25) is 0 Å². The van der Waals surface area contributed by atoms with Gasteiger partial charge in [-0.2, -0.15) is 0 Å². The summed E-state index contributed by atoms with van der Waals surface area (Å²) in [6, 6.07) is 22.8. The molecule has 34 heavy (non-hydrogen) atoms. The summed E-state index contributed by atoms with van der Waals surface area (Å²) < 4.78 is 12.6. The third-order valence-electron chi connectivity index (χ3n) is 5.53. The lowest BCUT2D eigenvalue weighted by atomic mass is 10.1. The normalized spacial score (nSPS) is 11.0. The largest absolute Gasteiger partial charge is 0.497 e. The molecule has 0 aliphatic rings. The number of amides is 1. The standard InChI is InChI=1S/C26H23N5O3/c1-3-8-23-24(26(32)27-18-11-7-12-20(15-18)33-2)28-30-31(23)19-13-14-22-21(16-19)25(34-29-22)17-9-5-4-6-10-17/h4-7,9-16H,3,8H2,1-2H3,(H,27,32). The number of methoxy groups -OCH3 is 1. The number of anilines is 1. The summed E-state index contributed by atoms with van der Waals surface area (Å²) in [5, 5.41) is 16.5. The predicted molar refractivity (Wildman–Crippen MR) is 129 cm³/mol. The van der Waals surface area contributed by atoms with Crippen LogP contribution in [-0.2, 0) is 6.42 Å². The monoisotopic (exact) mass is 453 g/mol. The minimum Gasteiger partial charge on any atom is -0.497 e. The Kier molecular flexibility index (Phi) is 5.78. The molecule has 0 spiro atoms. The molecule has 0 unspecified atom stereocenters. The molecule has 5 aromatic rings. The summed E-state index contributed by atoms with van der Waals surface area (Å²) in [5.74, 6) is 1.02. The first-order chi connectivity index (χ1) is 16.7. The Morgan fingerprint density at radius 2 is 1.91 bits per heavy atom. The van der Waals surface area contributed by atoms with Gasteiger partial charge in [-0.05, 0) is 36.8 Å². The van der Waals surface area contributed by atoms with Crippen molar-refractivity contribution < 1.29 is 14.1 Å². The molecule has 1 amide bonds. The second-order valence-electron chi connectivity index (χ2n) is 7.81. The third kappa shape index (κ3) is 4.01. The van der Waals surface area contributed by atoms with Gasteiger partial charge in [-0.25, -0.2) is 4.68 Å². The number of carbonyl (C=O) groups excluding carboxylic acids is 1. The number of hydrogen-bond acceptors (Lipinski definition) is 6. The van der Waals surface area contributed by atoms with Crippen molar-refractivity contribution in [3.05, 3.63) is 84.2 Å². The molecule has 1 N–H and O–H groups in total. The van der Waals surface area contributed by atoms with Gasteiger partial charge < -0.3 is 14.6 Å². The van der Waals surface area contributed by atoms with Crippen LogP contribution in [0.15, 0.2) is 77.3 Å². The number of ether oxygens (including phenoxy) is 1. The molecule has 2 aromatic heterocycles. The average Bonchev–Trinajstić information content (AvgIpc) is 3.49. The maximum atomic E-state index is 13.1. The lowest BCUT2D eigenvalue weighted by molar-refractivity contribution is 0.102. The number of rotatable bonds is 7. The molecule has 0 aliphatic heterocycles. The van der Waals surface area contributed by atoms with E-state index in [2.05, 4.69) is 27.7 Å². The van der Waals surface area contributed by atoms with Gasteiger partial charge in [-0.3, -0.25) is 4.79 Å². The molecule has 0 atom stereocenters. The first-order valence-corrected chi connectivity index (χ1v) is 11.0. The summed E-state index contributed by atoms with van der Waals surface area (Å²) in [7, 11) is 1.58. The van der Waals surface area contributed by atoms with Crippen LogP contribution >= 0.6 is 0 Å². The zero-order valence-electron chi connectivity index (χ0n) is 18.9. The molecule has 0 radical (unpaired) electrons. The van der Waals surface area contributed by atoms with Gasteiger partial charge in [0.2, 0.25) is 0 Å². The van der Waals surface area contributed by atoms with E-state index in [4.69, 9.17) is 9.26 Å². The van der Waals surface area contributed by atoms with Crippen molar-refractivity contribution >= 4 is 22.5 Å². The van der Waals surface area contributed by atoms with Crippen LogP contribution in [0.5, 0.6) is 5.75 Å². The molecule has 170 valence electrons. The SMILES string of the molecule is CCCc1c(C(=O)Nc2cccc(OC)c2)nnn1-c1ccc2noc(-c3ccccc3)c2c1. The van der Waals surface area contributed by atoms with Gasteiger partial charge in [0, 0.05) is 17.3 Å². The van der Waals surface area contributed by atoms with Gasteiger partial charge in [0.05, 0.1) is 23.9 Å². The second-order valence-corrected chi connectivity index (χ2v) is 7.81. The number of nitrogens with zero attached hydrogens (tertiary/aromatic N) is 4. The Morgan fingerprint density at radius 1 is 1.06 bits per heavy atom. The molecule has 0 aliphatic carbocycles. The van der Waals surface area contributed by atoms with E-state index in [1.54, 1.807) is 23.9 Å². The second kappa shape index (κ2) is 9.19. The molecule has 3 aromatic carbocycles. The Morgan fingerprint density at radius 3 is 2.71 bits per heavy atom. The molecule has 0 bridgehead atoms. The topological polar surface area (TPSA) is 95.1 Å². The molecular weight excluding hydrogens is 430 g/mol. The fourth-order valence-corrected chi connectivity index (χ4v) is 3.90. The molecule has 8 heteroatoms. The summed E-state index contributed by atoms with van der Waals surface area (Å²) in [4.78, 5) is 13.1. The van der Waals surface area contributed by atoms with Gasteiger partial charge in [0.1, 0.15) is 11.3 Å². The zero-order valence-corrected chi connectivity index (χ0v) is 18.9. The summed E-state index contributed by atoms with van der Waals surface area (Å²) in [5.41, 5.74) is 4.12. The highest BCUT2D eigenvalue weighted by molar-refractivity contribution is 6.03. The third-order valence-corrected chi connectivity index (χ3v) is 5.53. The molecule has 0 saturated heterocycles. The van der Waals surface area contributed by atoms with Crippen molar-refractivity contribution in [2.45, 2.75) is 19.8 Å². The van der Waals surface area contributed by atoms with Crippen LogP contribution in [0.1, 0.15) is 29.5 Å². The molecule has 2 heterocycles. The molecule has 5 rings (SSSR count). The van der Waals surface area contributed by atoms with Gasteiger partial charge >= 0.3 is 0 Å². The average molecular weight is 454 g/mol. The van der Waals surface area contributed by atoms with Crippen molar-refractivity contribution in [2.75, 3.05) is 12.4 Å². The smallest absolute Gasteiger partial charge is 0.278 e. The Balaban J connectivity index is 1.52. The van der Waals surface area contributed by atoms with E-state index in [0.717, 1.165) is 34.3 Å². The van der Waals surface area contributed by atoms with E-state index in [1.807, 2.05) is 60.7 Å². The van der Waals surface area contributed by atoms with Crippen LogP contribution in [0, 0.1) is 0 Å². The molecule has 0 saturated carbocycles. The van der Waals surface area contributed by atoms with Crippen LogP contribution in [0.4, 0.5) is 5.69 Å². The summed E-state index contributed by atoms with van der Waals surface area (Å²) in [6.07, 6.45) is 1.47. The van der Waals surface area contributed by atoms with E-state index < -0.39 is 0 Å². The van der Waals surface area contributed by atoms with E-state index in [0.29, 0.717) is 29.3 Å². The van der Waals surface area contributed by atoms with E-state index in [9.17, 15) is 4.79 Å². The maximum Gasteiger partial charge on any atom is 0.278 e. The maximum absolute atomic E-state index is 13.1. The number of hydrogen-bond donors (Lipinski definition) is 1. The zero-order chi connectivity index (χ0) is 23.5. The Labute approximate surface area is 196 Å². The van der Waals surface area contributed by atoms with Gasteiger partial charge in [0.15, 0.2) is 11.5 Å². The lowest BCUT2D eigenvalue weighted by Gasteiger charge is -2.09. The molecule has 8 nitrogen and oxygen atoms in total. The van der Waals surface area contributed by atoms with Crippen LogP contribution in [0.25, 0.3) is 27.9 Å². The number of fused-ring (bicyclic) bond motifs is 1. The number of aromatic nitrogens is 4. The predicted octanol–water partition coefficient (Wildman–Crippen LogP) is 5.29. The molecular formula is C26H23N5O3. The number of nitrogens with one attached hydrogen (secondary N) is 1. The molecule has 0 fully saturated rings. The first kappa shape index (κ1) is 21.4. The highest BCUT2D eigenvalue weighted by Gasteiger charge is 2.21. The van der Waals surface area contributed by atoms with Gasteiger partial charge in [-0.1, -0.05) is 60.1 Å². The van der Waals surface area contributed by atoms with Gasteiger partial charge in [-0.15, -0.1) is 5.10 Å². The van der Waals surface area contributed by atoms with E-state index in [-0.39, 0.29) is 5.91 Å². The summed E-state index contributed by atoms with van der Waals surface area (Å²) in [6.45, 7) is 2.05. The number of benzene rings is 3. The fourth-order valence-electron chi connectivity index (χ4n) is 3.90. The van der Waals surface area contributed by atoms with Gasteiger partial charge in [0.25, 0.3) is 5.91 Å². The van der Waals surface area contributed by atoms with E-state index >= 15 is 0 Å². The first-order valence-electron chi connectivity index (χ1n) is 11.0. The lowest BCUT2D eigenvalue weighted by Crippen LogP contribution is -2.15. The number of carbonyl (C=O) groups is 1. The van der Waals surface area contributed by atoms with Crippen LogP contribution < -0.4 is 10.1 Å². The van der Waals surface area contributed by atoms with Crippen LogP contribution in [-0.4, -0.2) is 33.2 Å². The van der Waals surface area contributed by atoms with Crippen molar-refractivity contribution in [3.8, 4) is 22.8 Å². The van der Waals surface area contributed by atoms with E-state index in [1.165, 1.54) is 0 Å². The quantitative estimate of drug-likeness (QED) is 0.360. The minimum absolute atomic E-state index is 0.290. The highest BCUT2D eigenvalue weighted by atomic mass is 16.5. The Bertz CT molecular complexity index is 1460. The van der Waals surface area contributed by atoms with Crippen molar-refractivity contribution in [1.82, 2.24) is 20.2 Å². The van der Waals surface area contributed by atoms with Crippen molar-refractivity contribution in [2.24, 2.45) is 0 Å². The summed E-state index contributed by atoms with van der Waals surface area (Å²) >= 11 is 0. The highest BCUT2D eigenvalue weighted by Crippen LogP contribution is 2.30. The Hall–Kier alpha value is -4.46. The van der Waals surface area contributed by atoms with Crippen molar-refractivity contribution in [3.63, 3.8) is 0 Å². The van der Waals surface area contributed by atoms with Crippen molar-refractivity contribution in [1.29, 1.82) is 0 Å². The minimum atomic E-state index is -0.320. The van der Waals surface area contributed by atoms with Crippen LogP contribution in [0.3, 0.4) is 0 Å². The fraction of sp³-hybridized carbons (Fsp3) is 0.154.